The second-order valence-corrected chi connectivity index (χ2v) is 9.82. The smallest absolute Gasteiger partial charge is 0.308 e. The summed E-state index contributed by atoms with van der Waals surface area (Å²) < 4.78 is 10.9. The van der Waals surface area contributed by atoms with Gasteiger partial charge in [-0.2, -0.15) is 0 Å². The minimum absolute atomic E-state index is 0.0141. The van der Waals surface area contributed by atoms with Crippen molar-refractivity contribution in [3.8, 4) is 0 Å². The van der Waals surface area contributed by atoms with Gasteiger partial charge in [-0.15, -0.1) is 0 Å². The molecule has 2 rings (SSSR count). The lowest BCUT2D eigenvalue weighted by atomic mass is 10.0. The van der Waals surface area contributed by atoms with E-state index in [9.17, 15) is 4.79 Å². The number of nitrogens with one attached hydrogen (secondary N) is 1. The molecule has 0 aromatic heterocycles. The number of hydrogen-bond acceptors (Lipinski definition) is 5. The minimum atomic E-state index is -0.157. The maximum atomic E-state index is 11.9. The van der Waals surface area contributed by atoms with E-state index in [0.717, 1.165) is 25.9 Å². The van der Waals surface area contributed by atoms with Crippen molar-refractivity contribution in [2.45, 2.75) is 135 Å². The van der Waals surface area contributed by atoms with Crippen molar-refractivity contribution in [1.29, 1.82) is 0 Å². The Labute approximate surface area is 197 Å². The lowest BCUT2D eigenvalue weighted by molar-refractivity contribution is -0.155. The second kappa shape index (κ2) is 17.3. The highest BCUT2D eigenvalue weighted by Crippen LogP contribution is 2.30. The normalized spacial score (nSPS) is 19.8. The van der Waals surface area contributed by atoms with Gasteiger partial charge in [0.2, 0.25) is 6.79 Å². The first-order chi connectivity index (χ1) is 15.7. The van der Waals surface area contributed by atoms with Crippen LogP contribution in [0.5, 0.6) is 0 Å². The molecular formula is C27H50N2O3. The van der Waals surface area contributed by atoms with E-state index in [1.807, 2.05) is 0 Å². The van der Waals surface area contributed by atoms with Crippen molar-refractivity contribution in [1.82, 2.24) is 10.2 Å². The summed E-state index contributed by atoms with van der Waals surface area (Å²) in [4.78, 5) is 14.2. The molecule has 2 unspecified atom stereocenters. The van der Waals surface area contributed by atoms with Crippen LogP contribution in [0.4, 0.5) is 0 Å². The van der Waals surface area contributed by atoms with Crippen molar-refractivity contribution in [2.24, 2.45) is 0 Å². The van der Waals surface area contributed by atoms with E-state index in [2.05, 4.69) is 23.7 Å². The van der Waals surface area contributed by atoms with E-state index < -0.39 is 0 Å². The van der Waals surface area contributed by atoms with Crippen molar-refractivity contribution < 1.29 is 14.3 Å². The maximum Gasteiger partial charge on any atom is 0.308 e. The van der Waals surface area contributed by atoms with Crippen LogP contribution in [-0.4, -0.2) is 42.8 Å². The Balaban J connectivity index is 1.31. The second-order valence-electron chi connectivity index (χ2n) is 9.82. The van der Waals surface area contributed by atoms with Crippen molar-refractivity contribution >= 4 is 5.97 Å². The van der Waals surface area contributed by atoms with Crippen LogP contribution in [0.25, 0.3) is 0 Å². The third-order valence-corrected chi connectivity index (χ3v) is 7.10. The number of nitrogens with zero attached hydrogens (tertiary/aromatic N) is 1. The van der Waals surface area contributed by atoms with Crippen molar-refractivity contribution in [3.63, 3.8) is 0 Å². The van der Waals surface area contributed by atoms with Gasteiger partial charge >= 0.3 is 5.97 Å². The summed E-state index contributed by atoms with van der Waals surface area (Å²) in [6, 6.07) is 0.939. The first kappa shape index (κ1) is 27.0. The molecule has 2 heterocycles. The SMILES string of the molecule is C=C(OCOC(=O)CCCCCCCCCCCCCCCCC)N1C2CCC1CNC2. The third-order valence-electron chi connectivity index (χ3n) is 7.10. The highest BCUT2D eigenvalue weighted by atomic mass is 16.7. The first-order valence-electron chi connectivity index (χ1n) is 13.7. The summed E-state index contributed by atoms with van der Waals surface area (Å²) in [6.45, 7) is 8.28. The monoisotopic (exact) mass is 450 g/mol. The first-order valence-corrected chi connectivity index (χ1v) is 13.7. The molecule has 0 saturated carbocycles. The molecule has 186 valence electrons. The average molecular weight is 451 g/mol. The van der Waals surface area contributed by atoms with E-state index in [0.29, 0.717) is 24.4 Å². The molecule has 2 fully saturated rings. The van der Waals surface area contributed by atoms with Crippen molar-refractivity contribution in [3.05, 3.63) is 12.5 Å². The number of esters is 1. The maximum absolute atomic E-state index is 11.9. The minimum Gasteiger partial charge on any atom is -0.443 e. The van der Waals surface area contributed by atoms with Crippen LogP contribution in [0, 0.1) is 0 Å². The zero-order valence-electron chi connectivity index (χ0n) is 20.9. The Kier molecular flexibility index (Phi) is 14.6. The summed E-state index contributed by atoms with van der Waals surface area (Å²) in [5.41, 5.74) is 0. The zero-order chi connectivity index (χ0) is 22.9. The van der Waals surface area contributed by atoms with Crippen LogP contribution in [0.3, 0.4) is 0 Å². The standard InChI is InChI=1S/C27H50N2O3/c1-3-4-5-6-7-8-9-10-11-12-13-14-15-16-17-18-27(30)32-23-31-24(2)29-25-19-20-26(29)22-28-21-25/h25-26,28H,2-23H2,1H3. The molecule has 0 amide bonds. The van der Waals surface area contributed by atoms with Crippen LogP contribution < -0.4 is 5.32 Å². The van der Waals surface area contributed by atoms with Crippen LogP contribution in [-0.2, 0) is 14.3 Å². The Morgan fingerprint density at radius 1 is 0.781 bits per heavy atom. The Morgan fingerprint density at radius 2 is 1.25 bits per heavy atom. The number of carbonyl (C=O) groups is 1. The molecule has 2 aliphatic rings. The zero-order valence-corrected chi connectivity index (χ0v) is 20.9. The summed E-state index contributed by atoms with van der Waals surface area (Å²) in [6.07, 6.45) is 22.8. The van der Waals surface area contributed by atoms with E-state index in [-0.39, 0.29) is 12.8 Å². The van der Waals surface area contributed by atoms with Gasteiger partial charge in [0.15, 0.2) is 5.88 Å². The molecule has 5 nitrogen and oxygen atoms in total. The van der Waals surface area contributed by atoms with Crippen molar-refractivity contribution in [2.75, 3.05) is 19.9 Å². The Hall–Kier alpha value is -1.23. The molecule has 2 bridgehead atoms. The van der Waals surface area contributed by atoms with Crippen LogP contribution in [0.15, 0.2) is 12.5 Å². The van der Waals surface area contributed by atoms with Gasteiger partial charge in [-0.1, -0.05) is 96.8 Å². The third kappa shape index (κ3) is 11.1. The van der Waals surface area contributed by atoms with E-state index in [1.54, 1.807) is 0 Å². The van der Waals surface area contributed by atoms with Gasteiger partial charge in [-0.05, 0) is 25.8 Å². The van der Waals surface area contributed by atoms with Gasteiger partial charge in [0, 0.05) is 31.6 Å². The molecule has 2 atom stereocenters. The summed E-state index contributed by atoms with van der Waals surface area (Å²) in [5.74, 6) is 0.495. The van der Waals surface area contributed by atoms with Gasteiger partial charge < -0.3 is 19.7 Å². The highest BCUT2D eigenvalue weighted by Gasteiger charge is 2.37. The quantitative estimate of drug-likeness (QED) is 0.0971. The topological polar surface area (TPSA) is 50.8 Å². The molecule has 2 aliphatic heterocycles. The number of fused-ring (bicyclic) bond motifs is 2. The Morgan fingerprint density at radius 3 is 1.75 bits per heavy atom. The summed E-state index contributed by atoms with van der Waals surface area (Å²) in [7, 11) is 0. The Bertz CT molecular complexity index is 495. The predicted molar refractivity (Wildman–Crippen MR) is 132 cm³/mol. The molecule has 0 aliphatic carbocycles. The fourth-order valence-corrected chi connectivity index (χ4v) is 5.14. The molecule has 0 aromatic rings. The van der Waals surface area contributed by atoms with Gasteiger partial charge in [0.1, 0.15) is 0 Å². The lowest BCUT2D eigenvalue weighted by Crippen LogP contribution is -2.51. The molecule has 2 saturated heterocycles. The molecule has 0 radical (unpaired) electrons. The number of carbonyl (C=O) groups excluding carboxylic acids is 1. The summed E-state index contributed by atoms with van der Waals surface area (Å²) >= 11 is 0. The predicted octanol–water partition coefficient (Wildman–Crippen LogP) is 6.67. The van der Waals surface area contributed by atoms with Crippen LogP contribution >= 0.6 is 0 Å². The molecule has 5 heteroatoms. The molecule has 0 spiro atoms. The molecule has 1 N–H and O–H groups in total. The van der Waals surface area contributed by atoms with E-state index in [4.69, 9.17) is 9.47 Å². The van der Waals surface area contributed by atoms with Gasteiger partial charge in [0.25, 0.3) is 0 Å². The van der Waals surface area contributed by atoms with Crippen LogP contribution in [0.2, 0.25) is 0 Å². The molecule has 0 aromatic carbocycles. The average Bonchev–Trinajstić information content (AvgIpc) is 3.04. The van der Waals surface area contributed by atoms with Gasteiger partial charge in [-0.25, -0.2) is 0 Å². The summed E-state index contributed by atoms with van der Waals surface area (Å²) in [5, 5.41) is 3.44. The number of unbranched alkanes of at least 4 members (excludes halogenated alkanes) is 14. The van der Waals surface area contributed by atoms with Crippen LogP contribution in [0.1, 0.15) is 122 Å². The molecular weight excluding hydrogens is 400 g/mol. The number of ether oxygens (including phenoxy) is 2. The van der Waals surface area contributed by atoms with Gasteiger partial charge in [0.05, 0.1) is 0 Å². The van der Waals surface area contributed by atoms with E-state index in [1.165, 1.54) is 96.3 Å². The lowest BCUT2D eigenvalue weighted by Gasteiger charge is -2.37. The highest BCUT2D eigenvalue weighted by molar-refractivity contribution is 5.69. The van der Waals surface area contributed by atoms with Gasteiger partial charge in [-0.3, -0.25) is 4.79 Å². The largest absolute Gasteiger partial charge is 0.443 e. The number of rotatable bonds is 20. The number of piperazine rings is 1. The number of hydrogen-bond donors (Lipinski definition) is 1. The molecule has 32 heavy (non-hydrogen) atoms. The van der Waals surface area contributed by atoms with E-state index >= 15 is 0 Å². The fraction of sp³-hybridized carbons (Fsp3) is 0.889. The fourth-order valence-electron chi connectivity index (χ4n) is 5.14.